The summed E-state index contributed by atoms with van der Waals surface area (Å²) >= 11 is 0. The van der Waals surface area contributed by atoms with Gasteiger partial charge in [-0.15, -0.1) is 0 Å². The zero-order chi connectivity index (χ0) is 13.8. The fourth-order valence-corrected chi connectivity index (χ4v) is 2.48. The monoisotopic (exact) mass is 263 g/mol. The topological polar surface area (TPSA) is 84.1 Å². The maximum Gasteiger partial charge on any atom is 0.224 e. The predicted molar refractivity (Wildman–Crippen MR) is 75.1 cm³/mol. The summed E-state index contributed by atoms with van der Waals surface area (Å²) in [5.74, 6) is 1.82. The number of rotatable bonds is 4. The highest BCUT2D eigenvalue weighted by Gasteiger charge is 2.21. The van der Waals surface area contributed by atoms with Gasteiger partial charge in [0, 0.05) is 38.3 Å². The lowest BCUT2D eigenvalue weighted by atomic mass is 9.93. The maximum absolute atomic E-state index is 10.9. The van der Waals surface area contributed by atoms with Crippen LogP contribution in [0.1, 0.15) is 25.0 Å². The van der Waals surface area contributed by atoms with E-state index in [1.165, 1.54) is 0 Å². The van der Waals surface area contributed by atoms with Crippen LogP contribution in [0.3, 0.4) is 0 Å². The Hall–Kier alpha value is -1.85. The maximum atomic E-state index is 10.9. The van der Waals surface area contributed by atoms with Gasteiger partial charge >= 0.3 is 0 Å². The molecule has 2 rings (SSSR count). The molecule has 3 N–H and O–H groups in total. The Morgan fingerprint density at radius 1 is 1.47 bits per heavy atom. The number of aromatic nitrogens is 2. The summed E-state index contributed by atoms with van der Waals surface area (Å²) in [7, 11) is 1.82. The molecule has 1 aromatic rings. The molecule has 0 radical (unpaired) electrons. The molecule has 6 nitrogen and oxygen atoms in total. The van der Waals surface area contributed by atoms with Crippen LogP contribution in [0.2, 0.25) is 0 Å². The molecule has 0 aliphatic carbocycles. The van der Waals surface area contributed by atoms with Gasteiger partial charge in [-0.3, -0.25) is 4.79 Å². The van der Waals surface area contributed by atoms with Crippen molar-refractivity contribution in [3.05, 3.63) is 11.8 Å². The van der Waals surface area contributed by atoms with Gasteiger partial charge in [0.1, 0.15) is 5.82 Å². The van der Waals surface area contributed by atoms with Gasteiger partial charge < -0.3 is 16.0 Å². The molecule has 2 heterocycles. The summed E-state index contributed by atoms with van der Waals surface area (Å²) in [5.41, 5.74) is 6.20. The zero-order valence-electron chi connectivity index (χ0n) is 11.5. The Morgan fingerprint density at radius 3 is 2.74 bits per heavy atom. The number of piperidine rings is 1. The lowest BCUT2D eigenvalue weighted by molar-refractivity contribution is -0.119. The lowest BCUT2D eigenvalue weighted by Gasteiger charge is -2.32. The highest BCUT2D eigenvalue weighted by molar-refractivity contribution is 5.74. The van der Waals surface area contributed by atoms with E-state index >= 15 is 0 Å². The summed E-state index contributed by atoms with van der Waals surface area (Å²) in [4.78, 5) is 21.9. The first kappa shape index (κ1) is 13.6. The summed E-state index contributed by atoms with van der Waals surface area (Å²) in [6, 6.07) is 2.00. The van der Waals surface area contributed by atoms with Crippen molar-refractivity contribution in [1.82, 2.24) is 9.97 Å². The molecule has 0 saturated carbocycles. The molecule has 1 aliphatic heterocycles. The van der Waals surface area contributed by atoms with Crippen LogP contribution < -0.4 is 16.0 Å². The van der Waals surface area contributed by atoms with Crippen molar-refractivity contribution in [2.75, 3.05) is 30.4 Å². The van der Waals surface area contributed by atoms with E-state index in [4.69, 9.17) is 5.73 Å². The Morgan fingerprint density at radius 2 is 2.16 bits per heavy atom. The van der Waals surface area contributed by atoms with E-state index in [9.17, 15) is 4.79 Å². The second-order valence-corrected chi connectivity index (χ2v) is 5.04. The van der Waals surface area contributed by atoms with Gasteiger partial charge in [0.15, 0.2) is 0 Å². The van der Waals surface area contributed by atoms with Gasteiger partial charge in [0.05, 0.1) is 0 Å². The number of primary amides is 1. The van der Waals surface area contributed by atoms with Crippen LogP contribution in [0.25, 0.3) is 0 Å². The van der Waals surface area contributed by atoms with Crippen LogP contribution in [-0.2, 0) is 4.79 Å². The van der Waals surface area contributed by atoms with Crippen LogP contribution >= 0.6 is 0 Å². The van der Waals surface area contributed by atoms with E-state index in [1.54, 1.807) is 0 Å². The minimum Gasteiger partial charge on any atom is -0.370 e. The smallest absolute Gasteiger partial charge is 0.224 e. The second kappa shape index (κ2) is 5.86. The fraction of sp³-hybridized carbons (Fsp3) is 0.615. The van der Waals surface area contributed by atoms with E-state index in [1.807, 2.05) is 20.0 Å². The number of hydrogen-bond acceptors (Lipinski definition) is 5. The van der Waals surface area contributed by atoms with Crippen molar-refractivity contribution in [2.24, 2.45) is 11.7 Å². The number of nitrogens with zero attached hydrogens (tertiary/aromatic N) is 3. The van der Waals surface area contributed by atoms with Crippen molar-refractivity contribution < 1.29 is 4.79 Å². The van der Waals surface area contributed by atoms with Crippen molar-refractivity contribution in [3.8, 4) is 0 Å². The highest BCUT2D eigenvalue weighted by Crippen LogP contribution is 2.24. The standard InChI is InChI=1S/C13H21N5O/c1-9-7-12(17-13(15-2)16-9)18-5-3-10(4-6-18)8-11(14)19/h7,10H,3-6,8H2,1-2H3,(H2,14,19)(H,15,16,17). The summed E-state index contributed by atoms with van der Waals surface area (Å²) in [5, 5.41) is 2.97. The van der Waals surface area contributed by atoms with Crippen LogP contribution in [0.5, 0.6) is 0 Å². The van der Waals surface area contributed by atoms with Crippen LogP contribution in [0, 0.1) is 12.8 Å². The summed E-state index contributed by atoms with van der Waals surface area (Å²) < 4.78 is 0. The molecular formula is C13H21N5O. The van der Waals surface area contributed by atoms with Gasteiger partial charge in [0.25, 0.3) is 0 Å². The number of anilines is 2. The van der Waals surface area contributed by atoms with Gasteiger partial charge in [-0.05, 0) is 25.7 Å². The highest BCUT2D eigenvalue weighted by atomic mass is 16.1. The molecule has 0 bridgehead atoms. The Labute approximate surface area is 113 Å². The van der Waals surface area contributed by atoms with E-state index < -0.39 is 0 Å². The molecule has 1 aliphatic rings. The first-order valence-electron chi connectivity index (χ1n) is 6.65. The molecule has 104 valence electrons. The molecular weight excluding hydrogens is 242 g/mol. The van der Waals surface area contributed by atoms with E-state index in [-0.39, 0.29) is 5.91 Å². The Balaban J connectivity index is 2.01. The van der Waals surface area contributed by atoms with Crippen LogP contribution in [-0.4, -0.2) is 36.0 Å². The quantitative estimate of drug-likeness (QED) is 0.844. The van der Waals surface area contributed by atoms with Crippen LogP contribution in [0.15, 0.2) is 6.07 Å². The van der Waals surface area contributed by atoms with Crippen molar-refractivity contribution >= 4 is 17.7 Å². The number of carbonyl (C=O) groups excluding carboxylic acids is 1. The number of nitrogens with one attached hydrogen (secondary N) is 1. The normalized spacial score (nSPS) is 16.4. The Bertz CT molecular complexity index is 454. The molecule has 0 atom stereocenters. The fourth-order valence-electron chi connectivity index (χ4n) is 2.48. The number of hydrogen-bond donors (Lipinski definition) is 2. The molecule has 1 fully saturated rings. The first-order chi connectivity index (χ1) is 9.08. The molecule has 0 unspecified atom stereocenters. The van der Waals surface area contributed by atoms with E-state index in [2.05, 4.69) is 20.2 Å². The van der Waals surface area contributed by atoms with E-state index in [0.29, 0.717) is 18.3 Å². The molecule has 1 aromatic heterocycles. The third-order valence-corrected chi connectivity index (χ3v) is 3.49. The van der Waals surface area contributed by atoms with Gasteiger partial charge in [-0.1, -0.05) is 0 Å². The number of carbonyl (C=O) groups is 1. The van der Waals surface area contributed by atoms with Gasteiger partial charge in [0.2, 0.25) is 11.9 Å². The minimum absolute atomic E-state index is 0.200. The molecule has 0 aromatic carbocycles. The average molecular weight is 263 g/mol. The number of nitrogens with two attached hydrogens (primary N) is 1. The molecule has 1 amide bonds. The van der Waals surface area contributed by atoms with Crippen LogP contribution in [0.4, 0.5) is 11.8 Å². The van der Waals surface area contributed by atoms with Gasteiger partial charge in [-0.2, -0.15) is 4.98 Å². The third kappa shape index (κ3) is 3.56. The Kier molecular flexibility index (Phi) is 4.19. The molecule has 6 heteroatoms. The molecule has 1 saturated heterocycles. The summed E-state index contributed by atoms with van der Waals surface area (Å²) in [6.45, 7) is 3.79. The summed E-state index contributed by atoms with van der Waals surface area (Å²) in [6.07, 6.45) is 2.47. The predicted octanol–water partition coefficient (Wildman–Crippen LogP) is 0.919. The van der Waals surface area contributed by atoms with Crippen molar-refractivity contribution in [2.45, 2.75) is 26.2 Å². The second-order valence-electron chi connectivity index (χ2n) is 5.04. The van der Waals surface area contributed by atoms with Crippen molar-refractivity contribution in [3.63, 3.8) is 0 Å². The SMILES string of the molecule is CNc1nc(C)cc(N2CCC(CC(N)=O)CC2)n1. The van der Waals surface area contributed by atoms with Crippen molar-refractivity contribution in [1.29, 1.82) is 0 Å². The zero-order valence-corrected chi connectivity index (χ0v) is 11.5. The minimum atomic E-state index is -0.200. The number of amides is 1. The molecule has 0 spiro atoms. The largest absolute Gasteiger partial charge is 0.370 e. The van der Waals surface area contributed by atoms with Gasteiger partial charge in [-0.25, -0.2) is 4.98 Å². The first-order valence-corrected chi connectivity index (χ1v) is 6.65. The molecule has 19 heavy (non-hydrogen) atoms. The third-order valence-electron chi connectivity index (χ3n) is 3.49. The van der Waals surface area contributed by atoms with E-state index in [0.717, 1.165) is 37.4 Å². The average Bonchev–Trinajstić information content (AvgIpc) is 2.38. The number of aryl methyl sites for hydroxylation is 1. The lowest BCUT2D eigenvalue weighted by Crippen LogP contribution is -2.35.